The van der Waals surface area contributed by atoms with Crippen molar-refractivity contribution < 1.29 is 0 Å². The Bertz CT molecular complexity index is 35.7. The predicted octanol–water partition coefficient (Wildman–Crippen LogP) is 2.08. The molecule has 0 fully saturated rings. The first kappa shape index (κ1) is 12.3. The smallest absolute Gasteiger partial charge is 0.109 e. The summed E-state index contributed by atoms with van der Waals surface area (Å²) in [5.74, 6) is 0. The Morgan fingerprint density at radius 2 is 1.75 bits per heavy atom. The Hall–Kier alpha value is 1.57. The predicted molar refractivity (Wildman–Crippen MR) is 49.7 cm³/mol. The van der Waals surface area contributed by atoms with Crippen molar-refractivity contribution in [3.8, 4) is 0 Å². The van der Waals surface area contributed by atoms with Crippen LogP contribution in [0.15, 0.2) is 0 Å². The van der Waals surface area contributed by atoms with Crippen LogP contribution in [-0.2, 0) is 0 Å². The molecule has 0 aromatic heterocycles. The third-order valence-corrected chi connectivity index (χ3v) is 1.22. The molecule has 0 unspecified atom stereocenters. The summed E-state index contributed by atoms with van der Waals surface area (Å²) in [4.78, 5) is -0.204. The molecule has 0 aliphatic rings. The Morgan fingerprint density at radius 1 is 1.38 bits per heavy atom. The summed E-state index contributed by atoms with van der Waals surface area (Å²) in [7, 11) is 0.778. The summed E-state index contributed by atoms with van der Waals surface area (Å²) >= 11 is 18.6. The summed E-state index contributed by atoms with van der Waals surface area (Å²) in [5, 5.41) is 0.880. The lowest BCUT2D eigenvalue weighted by Gasteiger charge is -1.89. The van der Waals surface area contributed by atoms with Crippen molar-refractivity contribution in [2.45, 2.75) is 11.3 Å². The van der Waals surface area contributed by atoms with E-state index in [4.69, 9.17) is 34.3 Å². The summed E-state index contributed by atoms with van der Waals surface area (Å²) in [5.41, 5.74) is 0. The highest BCUT2D eigenvalue weighted by Crippen LogP contribution is 2.07. The molecule has 52 valence electrons. The van der Waals surface area contributed by atoms with Crippen LogP contribution in [0, 0.1) is 0 Å². The van der Waals surface area contributed by atoms with Gasteiger partial charge in [-0.05, 0) is 6.42 Å². The second-order valence-electron chi connectivity index (χ2n) is 0.869. The Balaban J connectivity index is 0. The van der Waals surface area contributed by atoms with E-state index in [9.17, 15) is 0 Å². The first-order valence-electron chi connectivity index (χ1n) is 1.99. The summed E-state index contributed by atoms with van der Waals surface area (Å²) in [6.45, 7) is 0. The van der Waals surface area contributed by atoms with E-state index in [1.165, 1.54) is 0 Å². The maximum absolute atomic E-state index is 5.31. The van der Waals surface area contributed by atoms with Crippen LogP contribution in [0.1, 0.15) is 6.42 Å². The van der Waals surface area contributed by atoms with E-state index in [0.717, 1.165) is 21.3 Å². The molecule has 0 rings (SSSR count). The quantitative estimate of drug-likeness (QED) is 0.404. The molecule has 0 N–H and O–H groups in total. The minimum atomic E-state index is -0.204. The number of hydrogen-bond donors (Lipinski definition) is 0. The van der Waals surface area contributed by atoms with Gasteiger partial charge in [-0.15, -0.1) is 23.2 Å². The van der Waals surface area contributed by atoms with Gasteiger partial charge in [0.1, 0.15) is 14.4 Å². The van der Waals surface area contributed by atoms with Gasteiger partial charge in [-0.2, -0.15) is 11.1 Å². The van der Waals surface area contributed by atoms with Gasteiger partial charge in [0.15, 0.2) is 0 Å². The third-order valence-electron chi connectivity index (χ3n) is 0.327. The Kier molecular flexibility index (Phi) is 17.4. The molecule has 0 saturated carbocycles. The SMILES string of the molecule is ClC(Cl)CCBr.[SiH3]Cl. The summed E-state index contributed by atoms with van der Waals surface area (Å²) < 4.78 is 0. The van der Waals surface area contributed by atoms with Crippen LogP contribution >= 0.6 is 50.2 Å². The van der Waals surface area contributed by atoms with E-state index >= 15 is 0 Å². The van der Waals surface area contributed by atoms with Gasteiger partial charge in [0.05, 0.1) is 0 Å². The zero-order valence-corrected chi connectivity index (χ0v) is 10.4. The van der Waals surface area contributed by atoms with Crippen LogP contribution in [-0.4, -0.2) is 19.7 Å². The van der Waals surface area contributed by atoms with E-state index in [0.29, 0.717) is 0 Å². The fourth-order valence-corrected chi connectivity index (χ4v) is 1.29. The Labute approximate surface area is 76.1 Å². The van der Waals surface area contributed by atoms with Crippen LogP contribution in [0.5, 0.6) is 0 Å². The minimum Gasteiger partial charge on any atom is -0.181 e. The highest BCUT2D eigenvalue weighted by atomic mass is 79.9. The summed E-state index contributed by atoms with van der Waals surface area (Å²) in [6, 6.07) is 0. The van der Waals surface area contributed by atoms with Crippen LogP contribution in [0.2, 0.25) is 0 Å². The monoisotopic (exact) mass is 256 g/mol. The molecule has 0 heterocycles. The molecule has 8 heavy (non-hydrogen) atoms. The van der Waals surface area contributed by atoms with Gasteiger partial charge in [0, 0.05) is 5.33 Å². The minimum absolute atomic E-state index is 0.204. The maximum atomic E-state index is 5.31. The van der Waals surface area contributed by atoms with Crippen molar-refractivity contribution in [3.05, 3.63) is 0 Å². The molecular weight excluding hydrogens is 250 g/mol. The lowest BCUT2D eigenvalue weighted by Crippen LogP contribution is -1.84. The van der Waals surface area contributed by atoms with Gasteiger partial charge in [-0.3, -0.25) is 0 Å². The van der Waals surface area contributed by atoms with Gasteiger partial charge < -0.3 is 0 Å². The van der Waals surface area contributed by atoms with Crippen LogP contribution in [0.4, 0.5) is 0 Å². The first-order chi connectivity index (χ1) is 3.77. The molecule has 0 amide bonds. The molecule has 0 atom stereocenters. The van der Waals surface area contributed by atoms with Crippen molar-refractivity contribution in [1.82, 2.24) is 0 Å². The second-order valence-corrected chi connectivity index (χ2v) is 2.94. The molecule has 0 saturated heterocycles. The van der Waals surface area contributed by atoms with E-state index in [1.807, 2.05) is 0 Å². The maximum Gasteiger partial charge on any atom is 0.109 e. The van der Waals surface area contributed by atoms with Crippen LogP contribution in [0.25, 0.3) is 0 Å². The topological polar surface area (TPSA) is 0 Å². The second kappa shape index (κ2) is 11.4. The molecule has 0 radical (unpaired) electrons. The molecule has 0 nitrogen and oxygen atoms in total. The number of hydrogen-bond acceptors (Lipinski definition) is 0. The van der Waals surface area contributed by atoms with Crippen molar-refractivity contribution in [2.75, 3.05) is 5.33 Å². The van der Waals surface area contributed by atoms with E-state index in [-0.39, 0.29) is 4.84 Å². The number of alkyl halides is 3. The lowest BCUT2D eigenvalue weighted by atomic mass is 10.6. The summed E-state index contributed by atoms with van der Waals surface area (Å²) in [6.07, 6.45) is 0.823. The molecule has 0 aliphatic carbocycles. The van der Waals surface area contributed by atoms with Gasteiger partial charge in [-0.25, -0.2) is 0 Å². The largest absolute Gasteiger partial charge is 0.181 e. The van der Waals surface area contributed by atoms with Crippen molar-refractivity contribution >= 4 is 59.8 Å². The third kappa shape index (κ3) is 15.6. The van der Waals surface area contributed by atoms with Crippen LogP contribution in [0.3, 0.4) is 0 Å². The fraction of sp³-hybridized carbons (Fsp3) is 1.00. The van der Waals surface area contributed by atoms with Crippen LogP contribution < -0.4 is 0 Å². The average Bonchev–Trinajstić information content (AvgIpc) is 1.72. The Morgan fingerprint density at radius 3 is 1.75 bits per heavy atom. The molecule has 0 bridgehead atoms. The number of rotatable bonds is 2. The van der Waals surface area contributed by atoms with Crippen molar-refractivity contribution in [2.24, 2.45) is 0 Å². The molecule has 0 aromatic carbocycles. The van der Waals surface area contributed by atoms with Gasteiger partial charge in [0.2, 0.25) is 0 Å². The first-order valence-corrected chi connectivity index (χ1v) is 7.01. The number of halogens is 4. The fourth-order valence-electron chi connectivity index (χ4n) is 0.0825. The van der Waals surface area contributed by atoms with E-state index in [1.54, 1.807) is 0 Å². The molecule has 0 aromatic rings. The van der Waals surface area contributed by atoms with Gasteiger partial charge in [-0.1, -0.05) is 15.9 Å². The molecule has 0 aliphatic heterocycles. The molecule has 5 heteroatoms. The molecule has 0 spiro atoms. The van der Waals surface area contributed by atoms with Crippen molar-refractivity contribution in [1.29, 1.82) is 0 Å². The van der Waals surface area contributed by atoms with E-state index in [2.05, 4.69) is 15.9 Å². The van der Waals surface area contributed by atoms with Gasteiger partial charge >= 0.3 is 0 Å². The lowest BCUT2D eigenvalue weighted by molar-refractivity contribution is 1.06. The average molecular weight is 258 g/mol. The van der Waals surface area contributed by atoms with E-state index < -0.39 is 0 Å². The zero-order chi connectivity index (χ0) is 6.99. The highest BCUT2D eigenvalue weighted by Gasteiger charge is 1.92. The zero-order valence-electron chi connectivity index (χ0n) is 4.50. The standard InChI is InChI=1S/C3H5BrCl2.ClH3Si/c4-2-1-3(5)6;1-2/h3H,1-2H2;2H3. The highest BCUT2D eigenvalue weighted by molar-refractivity contribution is 9.09. The van der Waals surface area contributed by atoms with Crippen molar-refractivity contribution in [3.63, 3.8) is 0 Å². The van der Waals surface area contributed by atoms with Gasteiger partial charge in [0.25, 0.3) is 0 Å². The molecular formula is C3H8BrCl3Si. The normalized spacial score (nSPS) is 8.62.